The minimum absolute atomic E-state index is 0.682. The van der Waals surface area contributed by atoms with Crippen LogP contribution in [-0.4, -0.2) is 61.2 Å². The van der Waals surface area contributed by atoms with E-state index in [-0.39, 0.29) is 0 Å². The third kappa shape index (κ3) is 3.21. The molecule has 3 atom stereocenters. The van der Waals surface area contributed by atoms with E-state index in [9.17, 15) is 0 Å². The summed E-state index contributed by atoms with van der Waals surface area (Å²) in [5.41, 5.74) is 0. The maximum absolute atomic E-state index is 3.60. The minimum atomic E-state index is 0.682. The van der Waals surface area contributed by atoms with E-state index in [0.717, 1.165) is 18.6 Å². The van der Waals surface area contributed by atoms with E-state index < -0.39 is 0 Å². The Morgan fingerprint density at radius 3 is 2.65 bits per heavy atom. The first kappa shape index (κ1) is 13.3. The Labute approximate surface area is 107 Å². The van der Waals surface area contributed by atoms with Crippen LogP contribution in [0, 0.1) is 0 Å². The molecule has 2 rings (SSSR count). The Bertz CT molecular complexity index is 232. The predicted molar refractivity (Wildman–Crippen MR) is 73.4 cm³/mol. The van der Waals surface area contributed by atoms with E-state index in [1.165, 1.54) is 45.3 Å². The first-order chi connectivity index (χ1) is 8.24. The van der Waals surface area contributed by atoms with Crippen LogP contribution in [0.3, 0.4) is 0 Å². The van der Waals surface area contributed by atoms with Crippen LogP contribution >= 0.6 is 0 Å². The molecule has 0 aromatic heterocycles. The maximum atomic E-state index is 3.60. The Morgan fingerprint density at radius 1 is 1.18 bits per heavy atom. The molecular formula is C14H29N3. The normalized spacial score (nSPS) is 32.6. The molecule has 2 fully saturated rings. The smallest absolute Gasteiger partial charge is 0.0223 e. The number of rotatable bonds is 5. The minimum Gasteiger partial charge on any atom is -0.313 e. The summed E-state index contributed by atoms with van der Waals surface area (Å²) in [6, 6.07) is 2.37. The largest absolute Gasteiger partial charge is 0.313 e. The molecule has 1 N–H and O–H groups in total. The van der Waals surface area contributed by atoms with Crippen molar-refractivity contribution < 1.29 is 0 Å². The molecule has 2 aliphatic rings. The van der Waals surface area contributed by atoms with Gasteiger partial charge in [0.1, 0.15) is 0 Å². The van der Waals surface area contributed by atoms with Crippen molar-refractivity contribution in [2.24, 2.45) is 0 Å². The zero-order chi connectivity index (χ0) is 12.3. The zero-order valence-corrected chi connectivity index (χ0v) is 11.8. The van der Waals surface area contributed by atoms with Crippen molar-refractivity contribution in [3.05, 3.63) is 0 Å². The number of nitrogens with zero attached hydrogens (tertiary/aromatic N) is 2. The molecule has 0 radical (unpaired) electrons. The van der Waals surface area contributed by atoms with Crippen molar-refractivity contribution in [1.82, 2.24) is 15.1 Å². The number of fused-ring (bicyclic) bond motifs is 2. The molecule has 0 aromatic carbocycles. The van der Waals surface area contributed by atoms with Crippen molar-refractivity contribution in [3.63, 3.8) is 0 Å². The second-order valence-electron chi connectivity index (χ2n) is 5.76. The lowest BCUT2D eigenvalue weighted by molar-refractivity contribution is 0.204. The summed E-state index contributed by atoms with van der Waals surface area (Å²) in [4.78, 5) is 5.32. The molecule has 3 heteroatoms. The summed E-state index contributed by atoms with van der Waals surface area (Å²) in [7, 11) is 2.33. The van der Waals surface area contributed by atoms with Crippen LogP contribution < -0.4 is 5.32 Å². The number of likely N-dealkylation sites (tertiary alicyclic amines) is 1. The fourth-order valence-electron chi connectivity index (χ4n) is 3.48. The molecule has 0 amide bonds. The van der Waals surface area contributed by atoms with E-state index in [2.05, 4.69) is 36.0 Å². The molecule has 2 heterocycles. The van der Waals surface area contributed by atoms with Gasteiger partial charge in [0.25, 0.3) is 0 Å². The van der Waals surface area contributed by atoms with Crippen molar-refractivity contribution in [2.45, 2.75) is 57.7 Å². The van der Waals surface area contributed by atoms with Gasteiger partial charge in [-0.3, -0.25) is 4.90 Å². The Morgan fingerprint density at radius 2 is 1.94 bits per heavy atom. The second kappa shape index (κ2) is 6.17. The fraction of sp³-hybridized carbons (Fsp3) is 1.00. The number of hydrogen-bond donors (Lipinski definition) is 1. The molecule has 3 unspecified atom stereocenters. The first-order valence-electron chi connectivity index (χ1n) is 7.42. The second-order valence-corrected chi connectivity index (χ2v) is 5.76. The first-order valence-corrected chi connectivity index (χ1v) is 7.42. The molecule has 2 aliphatic heterocycles. The molecule has 0 saturated carbocycles. The van der Waals surface area contributed by atoms with E-state index in [1.54, 1.807) is 0 Å². The molecular weight excluding hydrogens is 210 g/mol. The molecule has 0 spiro atoms. The molecule has 100 valence electrons. The van der Waals surface area contributed by atoms with Gasteiger partial charge in [-0.1, -0.05) is 13.8 Å². The topological polar surface area (TPSA) is 18.5 Å². The molecule has 2 saturated heterocycles. The lowest BCUT2D eigenvalue weighted by Gasteiger charge is -2.29. The van der Waals surface area contributed by atoms with Gasteiger partial charge in [-0.2, -0.15) is 0 Å². The number of hydrogen-bond acceptors (Lipinski definition) is 3. The average molecular weight is 239 g/mol. The summed E-state index contributed by atoms with van der Waals surface area (Å²) in [6.45, 7) is 9.42. The van der Waals surface area contributed by atoms with Gasteiger partial charge in [-0.25, -0.2) is 0 Å². The van der Waals surface area contributed by atoms with Crippen LogP contribution in [0.5, 0.6) is 0 Å². The quantitative estimate of drug-likeness (QED) is 0.785. The number of likely N-dealkylation sites (N-methyl/N-ethyl adjacent to an activating group) is 2. The van der Waals surface area contributed by atoms with Crippen LogP contribution in [0.2, 0.25) is 0 Å². The van der Waals surface area contributed by atoms with Gasteiger partial charge >= 0.3 is 0 Å². The van der Waals surface area contributed by atoms with Gasteiger partial charge in [0.2, 0.25) is 0 Å². The summed E-state index contributed by atoms with van der Waals surface area (Å²) in [5, 5.41) is 3.60. The highest BCUT2D eigenvalue weighted by Gasteiger charge is 2.34. The SMILES string of the molecule is CCNC(CC)CN1CCC2CCC(C1)N2C. The van der Waals surface area contributed by atoms with Gasteiger partial charge in [0.15, 0.2) is 0 Å². The fourth-order valence-corrected chi connectivity index (χ4v) is 3.48. The van der Waals surface area contributed by atoms with Crippen LogP contribution in [0.25, 0.3) is 0 Å². The monoisotopic (exact) mass is 239 g/mol. The molecule has 0 aliphatic carbocycles. The highest BCUT2D eigenvalue weighted by Crippen LogP contribution is 2.28. The number of nitrogens with one attached hydrogen (secondary N) is 1. The zero-order valence-electron chi connectivity index (χ0n) is 11.8. The van der Waals surface area contributed by atoms with E-state index >= 15 is 0 Å². The van der Waals surface area contributed by atoms with Crippen LogP contribution in [0.15, 0.2) is 0 Å². The van der Waals surface area contributed by atoms with Crippen LogP contribution in [0.4, 0.5) is 0 Å². The van der Waals surface area contributed by atoms with Gasteiger partial charge in [-0.05, 0) is 45.8 Å². The highest BCUT2D eigenvalue weighted by molar-refractivity contribution is 4.91. The van der Waals surface area contributed by atoms with Gasteiger partial charge < -0.3 is 10.2 Å². The average Bonchev–Trinajstić information content (AvgIpc) is 2.56. The maximum Gasteiger partial charge on any atom is 0.0223 e. The van der Waals surface area contributed by atoms with E-state index in [4.69, 9.17) is 0 Å². The van der Waals surface area contributed by atoms with Crippen molar-refractivity contribution in [3.8, 4) is 0 Å². The van der Waals surface area contributed by atoms with Crippen molar-refractivity contribution in [2.75, 3.05) is 33.2 Å². The standard InChI is InChI=1S/C14H29N3/c1-4-12(15-5-2)10-17-9-8-13-6-7-14(11-17)16(13)3/h12-15H,4-11H2,1-3H3. The highest BCUT2D eigenvalue weighted by atomic mass is 15.3. The molecule has 17 heavy (non-hydrogen) atoms. The lowest BCUT2D eigenvalue weighted by atomic mass is 10.1. The Hall–Kier alpha value is -0.120. The van der Waals surface area contributed by atoms with Gasteiger partial charge in [-0.15, -0.1) is 0 Å². The third-order valence-electron chi connectivity index (χ3n) is 4.70. The van der Waals surface area contributed by atoms with E-state index in [1.807, 2.05) is 0 Å². The Kier molecular flexibility index (Phi) is 4.83. The summed E-state index contributed by atoms with van der Waals surface area (Å²) >= 11 is 0. The van der Waals surface area contributed by atoms with Gasteiger partial charge in [0, 0.05) is 31.2 Å². The molecule has 0 aromatic rings. The van der Waals surface area contributed by atoms with Gasteiger partial charge in [0.05, 0.1) is 0 Å². The van der Waals surface area contributed by atoms with Crippen molar-refractivity contribution >= 4 is 0 Å². The third-order valence-corrected chi connectivity index (χ3v) is 4.70. The lowest BCUT2D eigenvalue weighted by Crippen LogP contribution is -2.44. The summed E-state index contributed by atoms with van der Waals surface area (Å²) in [5.74, 6) is 0. The predicted octanol–water partition coefficient (Wildman–Crippen LogP) is 1.54. The summed E-state index contributed by atoms with van der Waals surface area (Å²) in [6.07, 6.45) is 5.46. The molecule has 2 bridgehead atoms. The van der Waals surface area contributed by atoms with Crippen LogP contribution in [0.1, 0.15) is 39.5 Å². The molecule has 3 nitrogen and oxygen atoms in total. The van der Waals surface area contributed by atoms with Crippen molar-refractivity contribution in [1.29, 1.82) is 0 Å². The van der Waals surface area contributed by atoms with Crippen LogP contribution in [-0.2, 0) is 0 Å². The van der Waals surface area contributed by atoms with E-state index in [0.29, 0.717) is 6.04 Å². The summed E-state index contributed by atoms with van der Waals surface area (Å²) < 4.78 is 0. The Balaban J connectivity index is 1.86.